The lowest BCUT2D eigenvalue weighted by Crippen LogP contribution is -2.17. The maximum atomic E-state index is 12.4. The maximum Gasteiger partial charge on any atom is 0.307 e. The molecule has 31 heavy (non-hydrogen) atoms. The molecule has 0 aliphatic heterocycles. The number of hydrogen-bond acceptors (Lipinski definition) is 5. The highest BCUT2D eigenvalue weighted by Crippen LogP contribution is 2.21. The summed E-state index contributed by atoms with van der Waals surface area (Å²) in [4.78, 5) is 16.3. The molecule has 4 aromatic rings. The van der Waals surface area contributed by atoms with Gasteiger partial charge in [0.2, 0.25) is 0 Å². The summed E-state index contributed by atoms with van der Waals surface area (Å²) in [6.45, 7) is 4.14. The topological polar surface area (TPSA) is 90.2 Å². The van der Waals surface area contributed by atoms with E-state index in [-0.39, 0.29) is 10.9 Å². The Morgan fingerprint density at radius 3 is 2.68 bits per heavy atom. The molecule has 0 aliphatic rings. The molecule has 0 spiro atoms. The molecule has 0 aliphatic carbocycles. The second-order valence-corrected chi connectivity index (χ2v) is 7.47. The van der Waals surface area contributed by atoms with E-state index in [0.717, 1.165) is 22.6 Å². The smallest absolute Gasteiger partial charge is 0.307 e. The number of hydrazone groups is 1. The van der Waals surface area contributed by atoms with Crippen LogP contribution in [0.3, 0.4) is 0 Å². The average molecular weight is 457 g/mol. The van der Waals surface area contributed by atoms with Crippen LogP contribution in [0, 0.1) is 13.8 Å². The third-order valence-corrected chi connectivity index (χ3v) is 5.42. The minimum absolute atomic E-state index is 0.128. The number of furan rings is 1. The highest BCUT2D eigenvalue weighted by Gasteiger charge is 2.14. The van der Waals surface area contributed by atoms with E-state index >= 15 is 0 Å². The van der Waals surface area contributed by atoms with Gasteiger partial charge in [-0.1, -0.05) is 41.4 Å². The van der Waals surface area contributed by atoms with E-state index in [1.807, 2.05) is 48.9 Å². The number of carbonyl (C=O) groups is 1. The summed E-state index contributed by atoms with van der Waals surface area (Å²) in [6.07, 6.45) is 3.07. The lowest BCUT2D eigenvalue weighted by Gasteiger charge is -2.03. The molecule has 8 nitrogen and oxygen atoms in total. The molecule has 158 valence electrons. The first-order valence-corrected chi connectivity index (χ1v) is 10.1. The van der Waals surface area contributed by atoms with E-state index < -0.39 is 5.91 Å². The summed E-state index contributed by atoms with van der Waals surface area (Å²) in [7, 11) is 0. The van der Waals surface area contributed by atoms with Crippen LogP contribution in [0.2, 0.25) is 10.3 Å². The van der Waals surface area contributed by atoms with Crippen molar-refractivity contribution in [3.63, 3.8) is 0 Å². The van der Waals surface area contributed by atoms with Crippen LogP contribution >= 0.6 is 23.2 Å². The molecule has 4 rings (SSSR count). The molecule has 0 unspecified atom stereocenters. The van der Waals surface area contributed by atoms with Crippen molar-refractivity contribution in [2.45, 2.75) is 20.4 Å². The predicted molar refractivity (Wildman–Crippen MR) is 118 cm³/mol. The Morgan fingerprint density at radius 2 is 1.97 bits per heavy atom. The second kappa shape index (κ2) is 8.79. The molecule has 0 bridgehead atoms. The molecular weight excluding hydrogens is 439 g/mol. The number of nitrogens with one attached hydrogen (secondary N) is 1. The number of aromatic nitrogens is 4. The molecule has 3 heterocycles. The van der Waals surface area contributed by atoms with Gasteiger partial charge in [0.25, 0.3) is 0 Å². The summed E-state index contributed by atoms with van der Waals surface area (Å²) in [5.74, 6) is 0.187. The van der Waals surface area contributed by atoms with Crippen LogP contribution in [-0.2, 0) is 6.54 Å². The number of halogens is 2. The van der Waals surface area contributed by atoms with Crippen molar-refractivity contribution in [2.75, 3.05) is 0 Å². The van der Waals surface area contributed by atoms with Gasteiger partial charge in [0.15, 0.2) is 10.9 Å². The predicted octanol–water partition coefficient (Wildman–Crippen LogP) is 4.40. The zero-order chi connectivity index (χ0) is 22.0. The molecule has 10 heteroatoms. The Kier molecular flexibility index (Phi) is 5.92. The highest BCUT2D eigenvalue weighted by molar-refractivity contribution is 6.40. The van der Waals surface area contributed by atoms with E-state index in [2.05, 4.69) is 20.6 Å². The van der Waals surface area contributed by atoms with Gasteiger partial charge in [0.1, 0.15) is 10.9 Å². The van der Waals surface area contributed by atoms with Crippen LogP contribution in [0.5, 0.6) is 0 Å². The lowest BCUT2D eigenvalue weighted by atomic mass is 10.2. The van der Waals surface area contributed by atoms with Crippen molar-refractivity contribution in [1.29, 1.82) is 0 Å². The zero-order valence-corrected chi connectivity index (χ0v) is 18.2. The summed E-state index contributed by atoms with van der Waals surface area (Å²) >= 11 is 11.9. The Balaban J connectivity index is 1.43. The maximum absolute atomic E-state index is 12.4. The van der Waals surface area contributed by atoms with Gasteiger partial charge in [-0.05, 0) is 38.1 Å². The fourth-order valence-corrected chi connectivity index (χ4v) is 3.38. The van der Waals surface area contributed by atoms with Crippen molar-refractivity contribution >= 4 is 35.3 Å². The van der Waals surface area contributed by atoms with E-state index in [9.17, 15) is 4.79 Å². The molecule has 0 atom stereocenters. The van der Waals surface area contributed by atoms with Crippen LogP contribution in [-0.4, -0.2) is 31.5 Å². The van der Waals surface area contributed by atoms with E-state index in [4.69, 9.17) is 27.6 Å². The lowest BCUT2D eigenvalue weighted by molar-refractivity contribution is 0.0925. The zero-order valence-electron chi connectivity index (χ0n) is 16.7. The normalized spacial score (nSPS) is 11.4. The molecule has 3 aromatic heterocycles. The van der Waals surface area contributed by atoms with Gasteiger partial charge in [-0.3, -0.25) is 4.79 Å². The van der Waals surface area contributed by atoms with Crippen molar-refractivity contribution in [3.8, 4) is 5.69 Å². The monoisotopic (exact) mass is 456 g/mol. The number of amides is 1. The van der Waals surface area contributed by atoms with Gasteiger partial charge in [-0.2, -0.15) is 10.2 Å². The van der Waals surface area contributed by atoms with Gasteiger partial charge < -0.3 is 8.98 Å². The van der Waals surface area contributed by atoms with Crippen molar-refractivity contribution in [1.82, 2.24) is 24.8 Å². The first-order chi connectivity index (χ1) is 14.9. The molecule has 1 amide bonds. The summed E-state index contributed by atoms with van der Waals surface area (Å²) in [6, 6.07) is 13.0. The van der Waals surface area contributed by atoms with Crippen molar-refractivity contribution in [3.05, 3.63) is 87.6 Å². The summed E-state index contributed by atoms with van der Waals surface area (Å²) < 4.78 is 9.02. The van der Waals surface area contributed by atoms with Crippen LogP contribution in [0.4, 0.5) is 0 Å². The molecule has 0 radical (unpaired) electrons. The summed E-state index contributed by atoms with van der Waals surface area (Å²) in [5, 5.41) is 9.13. The Morgan fingerprint density at radius 1 is 1.19 bits per heavy atom. The van der Waals surface area contributed by atoms with E-state index in [1.54, 1.807) is 22.9 Å². The van der Waals surface area contributed by atoms with Crippen LogP contribution in [0.15, 0.2) is 58.3 Å². The molecule has 1 aromatic carbocycles. The SMILES string of the molecule is Cc1nn(-c2ccccc2)c(C)c1C=NNC(=O)c1ccc(Cn2cnc(Cl)c2Cl)o1. The molecule has 0 fully saturated rings. The number of carbonyl (C=O) groups excluding carboxylic acids is 1. The standard InChI is InChI=1S/C21H18Cl2N6O2/c1-13-17(14(2)29(27-13)15-6-4-3-5-7-15)10-25-26-21(30)18-9-8-16(31-18)11-28-12-24-19(22)20(28)23/h3-10,12H,11H2,1-2H3,(H,26,30). The van der Waals surface area contributed by atoms with Gasteiger partial charge in [-0.15, -0.1) is 0 Å². The fourth-order valence-electron chi connectivity index (χ4n) is 3.08. The minimum Gasteiger partial charge on any atom is -0.454 e. The quantitative estimate of drug-likeness (QED) is 0.343. The fraction of sp³-hybridized carbons (Fsp3) is 0.143. The first kappa shape index (κ1) is 20.9. The van der Waals surface area contributed by atoms with Gasteiger partial charge in [0, 0.05) is 5.56 Å². The molecule has 0 saturated carbocycles. The number of aryl methyl sites for hydroxylation is 1. The number of hydrogen-bond donors (Lipinski definition) is 1. The van der Waals surface area contributed by atoms with Crippen LogP contribution in [0.1, 0.15) is 33.3 Å². The first-order valence-electron chi connectivity index (χ1n) is 9.34. The van der Waals surface area contributed by atoms with E-state index in [0.29, 0.717) is 17.5 Å². The van der Waals surface area contributed by atoms with Crippen LogP contribution in [0.25, 0.3) is 5.69 Å². The number of imidazole rings is 1. The minimum atomic E-state index is -0.469. The Labute approximate surface area is 188 Å². The molecular formula is C21H18Cl2N6O2. The van der Waals surface area contributed by atoms with Gasteiger partial charge in [0.05, 0.1) is 36.2 Å². The Bertz CT molecular complexity index is 1260. The molecule has 1 N–H and O–H groups in total. The number of benzene rings is 1. The Hall–Kier alpha value is -3.36. The second-order valence-electron chi connectivity index (χ2n) is 6.75. The third-order valence-electron chi connectivity index (χ3n) is 4.65. The van der Waals surface area contributed by atoms with Gasteiger partial charge in [-0.25, -0.2) is 15.1 Å². The largest absolute Gasteiger partial charge is 0.454 e. The van der Waals surface area contributed by atoms with Crippen molar-refractivity contribution < 1.29 is 9.21 Å². The van der Waals surface area contributed by atoms with E-state index in [1.165, 1.54) is 6.33 Å². The van der Waals surface area contributed by atoms with Gasteiger partial charge >= 0.3 is 5.91 Å². The molecule has 0 saturated heterocycles. The number of rotatable bonds is 6. The van der Waals surface area contributed by atoms with Crippen LogP contribution < -0.4 is 5.43 Å². The third kappa shape index (κ3) is 4.40. The average Bonchev–Trinajstić information content (AvgIpc) is 3.44. The number of nitrogens with zero attached hydrogens (tertiary/aromatic N) is 5. The summed E-state index contributed by atoms with van der Waals surface area (Å²) in [5.41, 5.74) is 5.98. The highest BCUT2D eigenvalue weighted by atomic mass is 35.5. The van der Waals surface area contributed by atoms with Crippen molar-refractivity contribution in [2.24, 2.45) is 5.10 Å². The number of para-hydroxylation sites is 1.